The van der Waals surface area contributed by atoms with E-state index < -0.39 is 0 Å². The smallest absolute Gasteiger partial charge is 0.253 e. The second-order valence-corrected chi connectivity index (χ2v) is 4.90. The Kier molecular flexibility index (Phi) is 5.16. The van der Waals surface area contributed by atoms with Gasteiger partial charge < -0.3 is 19.6 Å². The number of hydrogen-bond acceptors (Lipinski definition) is 6. The molecule has 1 unspecified atom stereocenters. The molecule has 0 aliphatic rings. The molecule has 0 amide bonds. The number of rotatable bonds is 7. The highest BCUT2D eigenvalue weighted by Crippen LogP contribution is 2.29. The zero-order valence-corrected chi connectivity index (χ0v) is 12.6. The summed E-state index contributed by atoms with van der Waals surface area (Å²) in [6, 6.07) is 5.93. The molecule has 0 saturated carbocycles. The second kappa shape index (κ2) is 7.08. The van der Waals surface area contributed by atoms with E-state index in [0.717, 1.165) is 12.0 Å². The molecule has 0 radical (unpaired) electrons. The summed E-state index contributed by atoms with van der Waals surface area (Å²) in [7, 11) is 0. The van der Waals surface area contributed by atoms with Crippen LogP contribution in [0.25, 0.3) is 0 Å². The molecule has 0 spiro atoms. The van der Waals surface area contributed by atoms with E-state index >= 15 is 0 Å². The summed E-state index contributed by atoms with van der Waals surface area (Å²) >= 11 is 0. The molecule has 6 heteroatoms. The third-order valence-corrected chi connectivity index (χ3v) is 2.78. The maximum absolute atomic E-state index is 5.82. The zero-order chi connectivity index (χ0) is 15.2. The number of benzene rings is 1. The normalized spacial score (nSPS) is 12.2. The number of aryl methyl sites for hydroxylation is 1. The Hall–Kier alpha value is -2.08. The van der Waals surface area contributed by atoms with Crippen molar-refractivity contribution in [2.45, 2.75) is 39.8 Å². The Balaban J connectivity index is 2.09. The van der Waals surface area contributed by atoms with Crippen molar-refractivity contribution < 1.29 is 13.9 Å². The molecule has 2 N–H and O–H groups in total. The van der Waals surface area contributed by atoms with Gasteiger partial charge in [-0.1, -0.05) is 6.07 Å². The molecule has 0 fully saturated rings. The highest BCUT2D eigenvalue weighted by Gasteiger charge is 2.10. The minimum Gasteiger partial charge on any atom is -0.490 e. The van der Waals surface area contributed by atoms with Crippen LogP contribution in [0.4, 0.5) is 0 Å². The van der Waals surface area contributed by atoms with Crippen molar-refractivity contribution in [1.82, 2.24) is 10.2 Å². The first kappa shape index (κ1) is 15.3. The average Bonchev–Trinajstić information content (AvgIpc) is 2.83. The first-order valence-electron chi connectivity index (χ1n) is 7.01. The van der Waals surface area contributed by atoms with Crippen LogP contribution < -0.4 is 15.2 Å². The number of aromatic nitrogens is 2. The minimum absolute atomic E-state index is 0.104. The van der Waals surface area contributed by atoms with Crippen molar-refractivity contribution in [2.75, 3.05) is 6.61 Å². The molecule has 2 aromatic rings. The topological polar surface area (TPSA) is 83.4 Å². The van der Waals surface area contributed by atoms with E-state index in [2.05, 4.69) is 10.2 Å². The molecule has 0 aliphatic carbocycles. The van der Waals surface area contributed by atoms with E-state index in [1.54, 1.807) is 6.92 Å². The van der Waals surface area contributed by atoms with Gasteiger partial charge in [-0.15, -0.1) is 10.2 Å². The van der Waals surface area contributed by atoms with E-state index in [4.69, 9.17) is 19.6 Å². The molecule has 6 nitrogen and oxygen atoms in total. The maximum atomic E-state index is 5.82. The Morgan fingerprint density at radius 2 is 2.05 bits per heavy atom. The first-order valence-corrected chi connectivity index (χ1v) is 7.01. The molecule has 21 heavy (non-hydrogen) atoms. The van der Waals surface area contributed by atoms with Crippen molar-refractivity contribution in [1.29, 1.82) is 0 Å². The average molecular weight is 291 g/mol. The Morgan fingerprint density at radius 3 is 2.67 bits per heavy atom. The van der Waals surface area contributed by atoms with Gasteiger partial charge in [0.05, 0.1) is 6.61 Å². The van der Waals surface area contributed by atoms with Crippen molar-refractivity contribution in [3.63, 3.8) is 0 Å². The predicted octanol–water partition coefficient (Wildman–Crippen LogP) is 2.25. The van der Waals surface area contributed by atoms with Gasteiger partial charge in [0, 0.05) is 13.0 Å². The standard InChI is InChI=1S/C15H21N3O3/c1-4-19-14-8-12(7-10(2)16)5-6-13(14)20-9-15-18-17-11(3)21-15/h5-6,8,10H,4,7,9,16H2,1-3H3. The molecule has 2 rings (SSSR count). The Bertz CT molecular complexity index is 581. The number of nitrogens with zero attached hydrogens (tertiary/aromatic N) is 2. The Labute approximate surface area is 124 Å². The van der Waals surface area contributed by atoms with Crippen LogP contribution in [0, 0.1) is 6.92 Å². The summed E-state index contributed by atoms with van der Waals surface area (Å²) in [5.41, 5.74) is 6.94. The molecule has 1 aromatic carbocycles. The lowest BCUT2D eigenvalue weighted by molar-refractivity contribution is 0.240. The van der Waals surface area contributed by atoms with Gasteiger partial charge in [0.2, 0.25) is 5.89 Å². The number of nitrogens with two attached hydrogens (primary N) is 1. The summed E-state index contributed by atoms with van der Waals surface area (Å²) in [6.45, 7) is 6.43. The first-order chi connectivity index (χ1) is 10.1. The molecule has 1 aromatic heterocycles. The van der Waals surface area contributed by atoms with Gasteiger partial charge >= 0.3 is 0 Å². The van der Waals surface area contributed by atoms with Crippen LogP contribution in [-0.4, -0.2) is 22.8 Å². The highest BCUT2D eigenvalue weighted by molar-refractivity contribution is 5.43. The largest absolute Gasteiger partial charge is 0.490 e. The fourth-order valence-corrected chi connectivity index (χ4v) is 1.97. The van der Waals surface area contributed by atoms with Crippen LogP contribution >= 0.6 is 0 Å². The summed E-state index contributed by atoms with van der Waals surface area (Å²) < 4.78 is 16.6. The summed E-state index contributed by atoms with van der Waals surface area (Å²) in [5, 5.41) is 7.66. The lowest BCUT2D eigenvalue weighted by atomic mass is 10.1. The molecule has 0 aliphatic heterocycles. The van der Waals surface area contributed by atoms with E-state index in [0.29, 0.717) is 29.9 Å². The van der Waals surface area contributed by atoms with Gasteiger partial charge in [-0.05, 0) is 38.0 Å². The lowest BCUT2D eigenvalue weighted by Crippen LogP contribution is -2.17. The van der Waals surface area contributed by atoms with Gasteiger partial charge in [-0.3, -0.25) is 0 Å². The fraction of sp³-hybridized carbons (Fsp3) is 0.467. The summed E-state index contributed by atoms with van der Waals surface area (Å²) in [5.74, 6) is 2.31. The van der Waals surface area contributed by atoms with Crippen LogP contribution in [0.2, 0.25) is 0 Å². The van der Waals surface area contributed by atoms with Gasteiger partial charge in [0.1, 0.15) is 0 Å². The van der Waals surface area contributed by atoms with Crippen molar-refractivity contribution >= 4 is 0 Å². The van der Waals surface area contributed by atoms with E-state index in [1.165, 1.54) is 0 Å². The number of hydrogen-bond donors (Lipinski definition) is 1. The van der Waals surface area contributed by atoms with Gasteiger partial charge in [0.15, 0.2) is 18.1 Å². The monoisotopic (exact) mass is 291 g/mol. The van der Waals surface area contributed by atoms with E-state index in [1.807, 2.05) is 32.0 Å². The summed E-state index contributed by atoms with van der Waals surface area (Å²) in [4.78, 5) is 0. The van der Waals surface area contributed by atoms with E-state index in [9.17, 15) is 0 Å². The van der Waals surface area contributed by atoms with Gasteiger partial charge in [-0.2, -0.15) is 0 Å². The molecule has 0 bridgehead atoms. The highest BCUT2D eigenvalue weighted by atomic mass is 16.5. The van der Waals surface area contributed by atoms with Crippen LogP contribution in [0.1, 0.15) is 31.2 Å². The van der Waals surface area contributed by atoms with E-state index in [-0.39, 0.29) is 12.6 Å². The fourth-order valence-electron chi connectivity index (χ4n) is 1.97. The van der Waals surface area contributed by atoms with Crippen molar-refractivity contribution in [3.8, 4) is 11.5 Å². The molecule has 114 valence electrons. The van der Waals surface area contributed by atoms with Crippen molar-refractivity contribution in [2.24, 2.45) is 5.73 Å². The quantitative estimate of drug-likeness (QED) is 0.842. The molecule has 1 heterocycles. The molecular formula is C15H21N3O3. The minimum atomic E-state index is 0.104. The van der Waals surface area contributed by atoms with Crippen LogP contribution in [0.5, 0.6) is 11.5 Å². The van der Waals surface area contributed by atoms with Crippen LogP contribution in [-0.2, 0) is 13.0 Å². The third kappa shape index (κ3) is 4.46. The number of ether oxygens (including phenoxy) is 2. The SMILES string of the molecule is CCOc1cc(CC(C)N)ccc1OCc1nnc(C)o1. The van der Waals surface area contributed by atoms with Crippen molar-refractivity contribution in [3.05, 3.63) is 35.5 Å². The predicted molar refractivity (Wildman–Crippen MR) is 78.3 cm³/mol. The van der Waals surface area contributed by atoms with Gasteiger partial charge in [-0.25, -0.2) is 0 Å². The maximum Gasteiger partial charge on any atom is 0.253 e. The Morgan fingerprint density at radius 1 is 1.24 bits per heavy atom. The molecular weight excluding hydrogens is 270 g/mol. The van der Waals surface area contributed by atoms with Gasteiger partial charge in [0.25, 0.3) is 5.89 Å². The lowest BCUT2D eigenvalue weighted by Gasteiger charge is -2.13. The third-order valence-electron chi connectivity index (χ3n) is 2.78. The van der Waals surface area contributed by atoms with Crippen LogP contribution in [0.3, 0.4) is 0 Å². The molecule has 1 atom stereocenters. The second-order valence-electron chi connectivity index (χ2n) is 4.90. The summed E-state index contributed by atoms with van der Waals surface area (Å²) in [6.07, 6.45) is 0.795. The zero-order valence-electron chi connectivity index (χ0n) is 12.6. The van der Waals surface area contributed by atoms with Crippen LogP contribution in [0.15, 0.2) is 22.6 Å². The molecule has 0 saturated heterocycles.